The van der Waals surface area contributed by atoms with Crippen molar-refractivity contribution in [1.29, 1.82) is 0 Å². The summed E-state index contributed by atoms with van der Waals surface area (Å²) in [4.78, 5) is 39.0. The number of thioether (sulfide) groups is 1. The van der Waals surface area contributed by atoms with Crippen LogP contribution in [0.4, 0.5) is 15.8 Å². The third-order valence-corrected chi connectivity index (χ3v) is 7.15. The first kappa shape index (κ1) is 29.1. The van der Waals surface area contributed by atoms with Gasteiger partial charge in [-0.3, -0.25) is 14.4 Å². The standard InChI is InChI=1S/C30H22BrClFN3O3S/c31-21-8-15-26(25(33)17-21)35-28(37)18-40-24-13-11-23(12-14-24)34-30(39)27(16-19-6-9-22(32)10-7-19)36-29(38)20-4-2-1-3-5-20/h1-17H,18H2,(H,34,39)(H,35,37)(H,36,38)/b27-16-. The topological polar surface area (TPSA) is 87.3 Å². The van der Waals surface area contributed by atoms with Crippen LogP contribution in [0.3, 0.4) is 0 Å². The van der Waals surface area contributed by atoms with Gasteiger partial charge in [-0.05, 0) is 78.4 Å². The van der Waals surface area contributed by atoms with Gasteiger partial charge in [-0.15, -0.1) is 11.8 Å². The molecule has 202 valence electrons. The van der Waals surface area contributed by atoms with Gasteiger partial charge in [-0.1, -0.05) is 57.9 Å². The lowest BCUT2D eigenvalue weighted by Crippen LogP contribution is -2.30. The van der Waals surface area contributed by atoms with Gasteiger partial charge in [0, 0.05) is 25.6 Å². The highest BCUT2D eigenvalue weighted by atomic mass is 79.9. The first-order valence-corrected chi connectivity index (χ1v) is 14.1. The van der Waals surface area contributed by atoms with E-state index in [0.717, 1.165) is 4.90 Å². The number of hydrogen-bond acceptors (Lipinski definition) is 4. The Kier molecular flexibility index (Phi) is 10.1. The number of amides is 3. The monoisotopic (exact) mass is 637 g/mol. The van der Waals surface area contributed by atoms with E-state index in [1.165, 1.54) is 23.9 Å². The molecule has 0 radical (unpaired) electrons. The van der Waals surface area contributed by atoms with E-state index in [1.54, 1.807) is 91.0 Å². The van der Waals surface area contributed by atoms with Crippen LogP contribution in [0.5, 0.6) is 0 Å². The van der Waals surface area contributed by atoms with Crippen molar-refractivity contribution in [2.24, 2.45) is 0 Å². The summed E-state index contributed by atoms with van der Waals surface area (Å²) in [7, 11) is 0. The second kappa shape index (κ2) is 13.9. The van der Waals surface area contributed by atoms with Gasteiger partial charge in [0.25, 0.3) is 11.8 Å². The van der Waals surface area contributed by atoms with E-state index in [9.17, 15) is 18.8 Å². The van der Waals surface area contributed by atoms with Crippen molar-refractivity contribution in [3.63, 3.8) is 0 Å². The molecule has 0 aliphatic carbocycles. The zero-order valence-electron chi connectivity index (χ0n) is 20.8. The van der Waals surface area contributed by atoms with Crippen LogP contribution in [0, 0.1) is 5.82 Å². The van der Waals surface area contributed by atoms with Crippen LogP contribution < -0.4 is 16.0 Å². The fraction of sp³-hybridized carbons (Fsp3) is 0.0333. The third-order valence-electron chi connectivity index (χ3n) is 5.40. The van der Waals surface area contributed by atoms with E-state index in [0.29, 0.717) is 26.3 Å². The van der Waals surface area contributed by atoms with Gasteiger partial charge in [0.15, 0.2) is 0 Å². The molecule has 4 aromatic carbocycles. The molecule has 0 saturated heterocycles. The number of carbonyl (C=O) groups is 3. The Bertz CT molecular complexity index is 1550. The van der Waals surface area contributed by atoms with Crippen LogP contribution in [-0.4, -0.2) is 23.5 Å². The van der Waals surface area contributed by atoms with Crippen LogP contribution in [0.15, 0.2) is 112 Å². The van der Waals surface area contributed by atoms with Crippen LogP contribution in [0.1, 0.15) is 15.9 Å². The predicted octanol–water partition coefficient (Wildman–Crippen LogP) is 7.38. The number of anilines is 2. The molecule has 0 aromatic heterocycles. The number of rotatable bonds is 9. The second-order valence-corrected chi connectivity index (χ2v) is 10.8. The fourth-order valence-electron chi connectivity index (χ4n) is 3.43. The van der Waals surface area contributed by atoms with Crippen molar-refractivity contribution in [2.75, 3.05) is 16.4 Å². The number of halogens is 3. The highest BCUT2D eigenvalue weighted by Gasteiger charge is 2.15. The molecule has 0 aliphatic heterocycles. The lowest BCUT2D eigenvalue weighted by molar-refractivity contribution is -0.114. The van der Waals surface area contributed by atoms with Gasteiger partial charge in [0.05, 0.1) is 11.4 Å². The Morgan fingerprint density at radius 2 is 1.57 bits per heavy atom. The minimum Gasteiger partial charge on any atom is -0.323 e. The van der Waals surface area contributed by atoms with E-state index >= 15 is 0 Å². The summed E-state index contributed by atoms with van der Waals surface area (Å²) in [5.41, 5.74) is 1.73. The lowest BCUT2D eigenvalue weighted by atomic mass is 10.1. The van der Waals surface area contributed by atoms with Gasteiger partial charge >= 0.3 is 0 Å². The number of hydrogen-bond donors (Lipinski definition) is 3. The molecule has 0 atom stereocenters. The lowest BCUT2D eigenvalue weighted by Gasteiger charge is -2.12. The van der Waals surface area contributed by atoms with Gasteiger partial charge in [-0.25, -0.2) is 4.39 Å². The Labute approximate surface area is 248 Å². The maximum atomic E-state index is 14.0. The van der Waals surface area contributed by atoms with Crippen molar-refractivity contribution in [3.05, 3.63) is 129 Å². The molecule has 3 N–H and O–H groups in total. The molecule has 0 fully saturated rings. The average Bonchev–Trinajstić information content (AvgIpc) is 2.95. The van der Waals surface area contributed by atoms with Crippen molar-refractivity contribution >= 4 is 74.5 Å². The van der Waals surface area contributed by atoms with E-state index in [-0.39, 0.29) is 23.0 Å². The summed E-state index contributed by atoms with van der Waals surface area (Å²) in [6.07, 6.45) is 1.56. The zero-order valence-corrected chi connectivity index (χ0v) is 23.9. The molecule has 0 unspecified atom stereocenters. The summed E-state index contributed by atoms with van der Waals surface area (Å²) >= 11 is 10.4. The molecule has 0 bridgehead atoms. The first-order valence-electron chi connectivity index (χ1n) is 11.9. The summed E-state index contributed by atoms with van der Waals surface area (Å²) in [5.74, 6) is -1.76. The maximum Gasteiger partial charge on any atom is 0.272 e. The summed E-state index contributed by atoms with van der Waals surface area (Å²) < 4.78 is 14.5. The molecular formula is C30H22BrClFN3O3S. The van der Waals surface area contributed by atoms with E-state index in [4.69, 9.17) is 11.6 Å². The molecule has 3 amide bonds. The zero-order chi connectivity index (χ0) is 28.5. The van der Waals surface area contributed by atoms with Crippen molar-refractivity contribution in [1.82, 2.24) is 5.32 Å². The quantitative estimate of drug-likeness (QED) is 0.132. The number of nitrogens with one attached hydrogen (secondary N) is 3. The van der Waals surface area contributed by atoms with Crippen molar-refractivity contribution in [3.8, 4) is 0 Å². The second-order valence-electron chi connectivity index (χ2n) is 8.37. The molecule has 0 spiro atoms. The molecular weight excluding hydrogens is 617 g/mol. The van der Waals surface area contributed by atoms with Crippen LogP contribution in [0.25, 0.3) is 6.08 Å². The molecule has 0 heterocycles. The molecule has 10 heteroatoms. The van der Waals surface area contributed by atoms with Crippen molar-refractivity contribution in [2.45, 2.75) is 4.90 Å². The third kappa shape index (κ3) is 8.54. The largest absolute Gasteiger partial charge is 0.323 e. The highest BCUT2D eigenvalue weighted by Crippen LogP contribution is 2.23. The SMILES string of the molecule is O=C(CSc1ccc(NC(=O)/C(=C/c2ccc(Cl)cc2)NC(=O)c2ccccc2)cc1)Nc1ccc(Br)cc1F. The molecule has 0 aliphatic rings. The minimum atomic E-state index is -0.530. The smallest absolute Gasteiger partial charge is 0.272 e. The fourth-order valence-corrected chi connectivity index (χ4v) is 4.58. The Morgan fingerprint density at radius 3 is 2.25 bits per heavy atom. The minimum absolute atomic E-state index is 0.0477. The molecule has 0 saturated carbocycles. The van der Waals surface area contributed by atoms with E-state index < -0.39 is 17.6 Å². The molecule has 4 rings (SSSR count). The summed E-state index contributed by atoms with van der Waals surface area (Å²) in [6.45, 7) is 0. The van der Waals surface area contributed by atoms with E-state index in [1.807, 2.05) is 0 Å². The molecule has 4 aromatic rings. The maximum absolute atomic E-state index is 14.0. The van der Waals surface area contributed by atoms with Crippen LogP contribution in [-0.2, 0) is 9.59 Å². The van der Waals surface area contributed by atoms with Crippen LogP contribution >= 0.6 is 39.3 Å². The number of benzene rings is 4. The first-order chi connectivity index (χ1) is 19.3. The Balaban J connectivity index is 1.40. The van der Waals surface area contributed by atoms with Crippen LogP contribution in [0.2, 0.25) is 5.02 Å². The van der Waals surface area contributed by atoms with Gasteiger partial charge in [-0.2, -0.15) is 0 Å². The van der Waals surface area contributed by atoms with E-state index in [2.05, 4.69) is 31.9 Å². The highest BCUT2D eigenvalue weighted by molar-refractivity contribution is 9.10. The predicted molar refractivity (Wildman–Crippen MR) is 162 cm³/mol. The van der Waals surface area contributed by atoms with Crippen molar-refractivity contribution < 1.29 is 18.8 Å². The van der Waals surface area contributed by atoms with Gasteiger partial charge in [0.1, 0.15) is 11.5 Å². The normalized spacial score (nSPS) is 11.0. The Hall–Kier alpha value is -3.92. The Morgan fingerprint density at radius 1 is 0.875 bits per heavy atom. The molecule has 40 heavy (non-hydrogen) atoms. The average molecular weight is 639 g/mol. The summed E-state index contributed by atoms with van der Waals surface area (Å²) in [6, 6.07) is 26.7. The van der Waals surface area contributed by atoms with Gasteiger partial charge < -0.3 is 16.0 Å². The summed E-state index contributed by atoms with van der Waals surface area (Å²) in [5, 5.41) is 8.57. The van der Waals surface area contributed by atoms with Gasteiger partial charge in [0.2, 0.25) is 5.91 Å². The molecule has 6 nitrogen and oxygen atoms in total. The number of carbonyl (C=O) groups excluding carboxylic acids is 3.